The van der Waals surface area contributed by atoms with Crippen molar-refractivity contribution in [3.05, 3.63) is 29.8 Å². The second kappa shape index (κ2) is 5.87. The molecule has 2 aromatic heterocycles. The highest BCUT2D eigenvalue weighted by molar-refractivity contribution is 5.73. The molecule has 0 unspecified atom stereocenters. The first kappa shape index (κ1) is 14.7. The molecule has 0 aromatic carbocycles. The van der Waals surface area contributed by atoms with Crippen molar-refractivity contribution in [3.63, 3.8) is 0 Å². The van der Waals surface area contributed by atoms with Gasteiger partial charge in [-0.15, -0.1) is 0 Å². The Morgan fingerprint density at radius 2 is 2.14 bits per heavy atom. The van der Waals surface area contributed by atoms with Crippen LogP contribution in [0.2, 0.25) is 0 Å². The van der Waals surface area contributed by atoms with Crippen LogP contribution in [-0.2, 0) is 11.8 Å². The van der Waals surface area contributed by atoms with Gasteiger partial charge in [-0.25, -0.2) is 9.97 Å². The van der Waals surface area contributed by atoms with E-state index in [9.17, 15) is 4.79 Å². The van der Waals surface area contributed by atoms with E-state index >= 15 is 0 Å². The zero-order valence-electron chi connectivity index (χ0n) is 13.3. The zero-order valence-corrected chi connectivity index (χ0v) is 13.3. The monoisotopic (exact) mass is 299 g/mol. The summed E-state index contributed by atoms with van der Waals surface area (Å²) in [6.07, 6.45) is 4.84. The highest BCUT2D eigenvalue weighted by Crippen LogP contribution is 2.30. The Balaban J connectivity index is 2.02. The molecule has 1 aliphatic heterocycles. The number of carbonyl (C=O) groups excluding carboxylic acids is 1. The average molecular weight is 299 g/mol. The number of amides is 1. The molecule has 1 amide bonds. The van der Waals surface area contributed by atoms with Gasteiger partial charge in [-0.05, 0) is 38.3 Å². The summed E-state index contributed by atoms with van der Waals surface area (Å²) in [4.78, 5) is 23.1. The molecule has 3 rings (SSSR count). The van der Waals surface area contributed by atoms with Crippen LogP contribution in [0, 0.1) is 6.92 Å². The molecule has 0 spiro atoms. The van der Waals surface area contributed by atoms with Crippen molar-refractivity contribution in [3.8, 4) is 11.4 Å². The molecule has 1 aliphatic rings. The Kier molecular flexibility index (Phi) is 3.92. The highest BCUT2D eigenvalue weighted by Gasteiger charge is 2.28. The molecule has 1 fully saturated rings. The van der Waals surface area contributed by atoms with Crippen LogP contribution in [0.1, 0.15) is 43.7 Å². The Morgan fingerprint density at radius 1 is 1.32 bits per heavy atom. The normalized spacial score (nSPS) is 18.5. The molecule has 1 saturated heterocycles. The van der Waals surface area contributed by atoms with Crippen LogP contribution in [0.15, 0.2) is 18.3 Å². The third-order valence-electron chi connectivity index (χ3n) is 4.16. The van der Waals surface area contributed by atoms with E-state index in [1.807, 2.05) is 31.0 Å². The van der Waals surface area contributed by atoms with Gasteiger partial charge in [-0.2, -0.15) is 5.10 Å². The number of piperidine rings is 1. The van der Waals surface area contributed by atoms with E-state index in [2.05, 4.69) is 10.1 Å². The molecule has 0 N–H and O–H groups in total. The maximum atomic E-state index is 11.9. The second-order valence-corrected chi connectivity index (χ2v) is 5.82. The van der Waals surface area contributed by atoms with Crippen molar-refractivity contribution in [1.29, 1.82) is 0 Å². The van der Waals surface area contributed by atoms with Gasteiger partial charge in [-0.3, -0.25) is 9.48 Å². The second-order valence-electron chi connectivity index (χ2n) is 5.82. The van der Waals surface area contributed by atoms with Crippen LogP contribution >= 0.6 is 0 Å². The summed E-state index contributed by atoms with van der Waals surface area (Å²) in [7, 11) is 1.90. The Hall–Kier alpha value is -2.24. The standard InChI is InChI=1S/C16H21N5O/c1-11-10-13(14-7-8-17-20(14)3)19-16(18-11)15-6-4-5-9-21(15)12(2)22/h7-8,10,15H,4-6,9H2,1-3H3/t15-/m1/s1. The number of hydrogen-bond acceptors (Lipinski definition) is 4. The maximum absolute atomic E-state index is 11.9. The van der Waals surface area contributed by atoms with Gasteiger partial charge in [0.15, 0.2) is 5.82 Å². The average Bonchev–Trinajstić information content (AvgIpc) is 2.92. The molecule has 3 heterocycles. The molecule has 22 heavy (non-hydrogen) atoms. The number of likely N-dealkylation sites (tertiary alicyclic amines) is 1. The Bertz CT molecular complexity index is 694. The van der Waals surface area contributed by atoms with Crippen LogP contribution in [0.3, 0.4) is 0 Å². The molecule has 1 atom stereocenters. The highest BCUT2D eigenvalue weighted by atomic mass is 16.2. The van der Waals surface area contributed by atoms with Crippen LogP contribution in [0.5, 0.6) is 0 Å². The molecule has 116 valence electrons. The summed E-state index contributed by atoms with van der Waals surface area (Å²) in [5.41, 5.74) is 2.73. The lowest BCUT2D eigenvalue weighted by Crippen LogP contribution is -2.37. The van der Waals surface area contributed by atoms with Crippen molar-refractivity contribution in [2.75, 3.05) is 6.54 Å². The van der Waals surface area contributed by atoms with Gasteiger partial charge in [0.1, 0.15) is 0 Å². The summed E-state index contributed by atoms with van der Waals surface area (Å²) < 4.78 is 1.80. The minimum absolute atomic E-state index is 0.0156. The van der Waals surface area contributed by atoms with Gasteiger partial charge in [0, 0.05) is 32.4 Å². The van der Waals surface area contributed by atoms with Crippen LogP contribution < -0.4 is 0 Å². The fraction of sp³-hybridized carbons (Fsp3) is 0.500. The van der Waals surface area contributed by atoms with Crippen molar-refractivity contribution >= 4 is 5.91 Å². The first-order valence-electron chi connectivity index (χ1n) is 7.67. The minimum Gasteiger partial charge on any atom is -0.333 e. The quantitative estimate of drug-likeness (QED) is 0.853. The molecule has 0 saturated carbocycles. The summed E-state index contributed by atoms with van der Waals surface area (Å²) in [5.74, 6) is 0.836. The summed E-state index contributed by atoms with van der Waals surface area (Å²) in [6.45, 7) is 4.38. The lowest BCUT2D eigenvalue weighted by atomic mass is 10.0. The van der Waals surface area contributed by atoms with E-state index in [1.54, 1.807) is 17.8 Å². The summed E-state index contributed by atoms with van der Waals surface area (Å²) >= 11 is 0. The Labute approximate surface area is 130 Å². The molecular weight excluding hydrogens is 278 g/mol. The summed E-state index contributed by atoms with van der Waals surface area (Å²) in [5, 5.41) is 4.20. The lowest BCUT2D eigenvalue weighted by Gasteiger charge is -2.34. The van der Waals surface area contributed by atoms with Gasteiger partial charge in [0.25, 0.3) is 0 Å². The van der Waals surface area contributed by atoms with E-state index in [4.69, 9.17) is 4.98 Å². The van der Waals surface area contributed by atoms with Crippen molar-refractivity contribution < 1.29 is 4.79 Å². The van der Waals surface area contributed by atoms with Crippen LogP contribution in [0.25, 0.3) is 11.4 Å². The smallest absolute Gasteiger partial charge is 0.220 e. The van der Waals surface area contributed by atoms with Crippen molar-refractivity contribution in [2.24, 2.45) is 7.05 Å². The van der Waals surface area contributed by atoms with E-state index in [-0.39, 0.29) is 11.9 Å². The third kappa shape index (κ3) is 2.73. The van der Waals surface area contributed by atoms with Crippen molar-refractivity contribution in [1.82, 2.24) is 24.6 Å². The molecule has 6 nitrogen and oxygen atoms in total. The first-order chi connectivity index (χ1) is 10.6. The first-order valence-corrected chi connectivity index (χ1v) is 7.67. The van der Waals surface area contributed by atoms with Gasteiger partial charge < -0.3 is 4.90 Å². The van der Waals surface area contributed by atoms with E-state index < -0.39 is 0 Å². The molecule has 0 bridgehead atoms. The van der Waals surface area contributed by atoms with E-state index in [1.165, 1.54) is 0 Å². The van der Waals surface area contributed by atoms with Gasteiger partial charge in [0.2, 0.25) is 5.91 Å². The fourth-order valence-corrected chi connectivity index (χ4v) is 3.07. The fourth-order valence-electron chi connectivity index (χ4n) is 3.07. The lowest BCUT2D eigenvalue weighted by molar-refractivity contribution is -0.132. The molecular formula is C16H21N5O. The number of carbonyl (C=O) groups is 1. The van der Waals surface area contributed by atoms with Crippen molar-refractivity contribution in [2.45, 2.75) is 39.2 Å². The predicted octanol–water partition coefficient (Wildman–Crippen LogP) is 2.26. The maximum Gasteiger partial charge on any atom is 0.220 e. The number of rotatable bonds is 2. The van der Waals surface area contributed by atoms with Gasteiger partial charge in [-0.1, -0.05) is 0 Å². The Morgan fingerprint density at radius 3 is 2.82 bits per heavy atom. The molecule has 2 aromatic rings. The summed E-state index contributed by atoms with van der Waals surface area (Å²) in [6, 6.07) is 3.88. The third-order valence-corrected chi connectivity index (χ3v) is 4.16. The van der Waals surface area contributed by atoms with Gasteiger partial charge in [0.05, 0.1) is 17.4 Å². The zero-order chi connectivity index (χ0) is 15.7. The molecule has 0 radical (unpaired) electrons. The SMILES string of the molecule is CC(=O)N1CCCC[C@@H]1c1nc(C)cc(-c2ccnn2C)n1. The van der Waals surface area contributed by atoms with E-state index in [0.29, 0.717) is 0 Å². The number of aryl methyl sites for hydroxylation is 2. The van der Waals surface area contributed by atoms with Gasteiger partial charge >= 0.3 is 0 Å². The number of nitrogens with zero attached hydrogens (tertiary/aromatic N) is 5. The van der Waals surface area contributed by atoms with E-state index in [0.717, 1.165) is 48.7 Å². The topological polar surface area (TPSA) is 63.9 Å². The molecule has 0 aliphatic carbocycles. The molecule has 6 heteroatoms. The number of hydrogen-bond donors (Lipinski definition) is 0. The minimum atomic E-state index is -0.0156. The van der Waals surface area contributed by atoms with Crippen LogP contribution in [0.4, 0.5) is 0 Å². The number of aromatic nitrogens is 4. The van der Waals surface area contributed by atoms with Crippen LogP contribution in [-0.4, -0.2) is 37.1 Å². The largest absolute Gasteiger partial charge is 0.333 e. The predicted molar refractivity (Wildman–Crippen MR) is 83.0 cm³/mol.